The molecule has 0 aliphatic heterocycles. The number of aliphatic carboxylic acids is 1. The number of rotatable bonds is 9. The fourth-order valence-corrected chi connectivity index (χ4v) is 5.14. The molecule has 3 rings (SSSR count). The van der Waals surface area contributed by atoms with Gasteiger partial charge in [-0.2, -0.15) is 11.8 Å². The zero-order valence-corrected chi connectivity index (χ0v) is 17.4. The molecule has 2 fully saturated rings. The molecular formula is C21H32N2O4S. The molecule has 2 saturated carbocycles. The SMILES string of the molecule is C[C@H]1CC[C@H](Oc2ccnc(C[C@](O)(C(=O)O)[C@@H](N)CSC3CCC3)c2)CC1. The first kappa shape index (κ1) is 21.4. The Kier molecular flexibility index (Phi) is 7.23. The third-order valence-electron chi connectivity index (χ3n) is 6.05. The Morgan fingerprint density at radius 3 is 2.68 bits per heavy atom. The Hall–Kier alpha value is -1.31. The zero-order chi connectivity index (χ0) is 20.1. The zero-order valence-electron chi connectivity index (χ0n) is 16.5. The molecule has 0 spiro atoms. The first-order chi connectivity index (χ1) is 13.4. The smallest absolute Gasteiger partial charge is 0.337 e. The number of thioether (sulfide) groups is 1. The van der Waals surface area contributed by atoms with Crippen LogP contribution in [0.1, 0.15) is 57.6 Å². The minimum absolute atomic E-state index is 0.131. The van der Waals surface area contributed by atoms with E-state index in [1.54, 1.807) is 30.1 Å². The summed E-state index contributed by atoms with van der Waals surface area (Å²) in [5.74, 6) is 0.542. The highest BCUT2D eigenvalue weighted by Crippen LogP contribution is 2.33. The van der Waals surface area contributed by atoms with Gasteiger partial charge in [0.05, 0.1) is 12.1 Å². The van der Waals surface area contributed by atoms with Crippen LogP contribution < -0.4 is 10.5 Å². The van der Waals surface area contributed by atoms with Crippen molar-refractivity contribution in [3.8, 4) is 5.75 Å². The van der Waals surface area contributed by atoms with Crippen LogP contribution in [0.15, 0.2) is 18.3 Å². The summed E-state index contributed by atoms with van der Waals surface area (Å²) in [5.41, 5.74) is 4.56. The predicted molar refractivity (Wildman–Crippen MR) is 111 cm³/mol. The van der Waals surface area contributed by atoms with Gasteiger partial charge in [-0.3, -0.25) is 4.98 Å². The molecule has 6 nitrogen and oxygen atoms in total. The summed E-state index contributed by atoms with van der Waals surface area (Å²) in [6, 6.07) is 2.66. The van der Waals surface area contributed by atoms with Crippen molar-refractivity contribution in [3.63, 3.8) is 0 Å². The maximum atomic E-state index is 11.8. The number of ether oxygens (including phenoxy) is 1. The third-order valence-corrected chi connectivity index (χ3v) is 7.55. The highest BCUT2D eigenvalue weighted by Gasteiger charge is 2.43. The number of hydrogen-bond acceptors (Lipinski definition) is 6. The van der Waals surface area contributed by atoms with Gasteiger partial charge in [0.1, 0.15) is 5.75 Å². The Bertz CT molecular complexity index is 662. The highest BCUT2D eigenvalue weighted by atomic mass is 32.2. The molecule has 0 unspecified atom stereocenters. The van der Waals surface area contributed by atoms with E-state index in [9.17, 15) is 15.0 Å². The number of hydrogen-bond donors (Lipinski definition) is 3. The first-order valence-electron chi connectivity index (χ1n) is 10.3. The summed E-state index contributed by atoms with van der Waals surface area (Å²) in [5, 5.41) is 21.0. The summed E-state index contributed by atoms with van der Waals surface area (Å²) in [6.45, 7) is 2.26. The van der Waals surface area contributed by atoms with E-state index in [1.807, 2.05) is 0 Å². The van der Waals surface area contributed by atoms with Crippen molar-refractivity contribution < 1.29 is 19.7 Å². The minimum atomic E-state index is -2.04. The van der Waals surface area contributed by atoms with E-state index in [0.29, 0.717) is 22.4 Å². The van der Waals surface area contributed by atoms with Gasteiger partial charge >= 0.3 is 5.97 Å². The van der Waals surface area contributed by atoms with Crippen LogP contribution in [0, 0.1) is 5.92 Å². The average molecular weight is 409 g/mol. The van der Waals surface area contributed by atoms with Crippen molar-refractivity contribution in [2.45, 2.75) is 81.3 Å². The van der Waals surface area contributed by atoms with E-state index in [1.165, 1.54) is 6.42 Å². The molecule has 0 amide bonds. The van der Waals surface area contributed by atoms with Gasteiger partial charge in [-0.1, -0.05) is 13.3 Å². The van der Waals surface area contributed by atoms with E-state index < -0.39 is 17.6 Å². The average Bonchev–Trinajstić information content (AvgIpc) is 2.62. The van der Waals surface area contributed by atoms with Crippen LogP contribution >= 0.6 is 11.8 Å². The quantitative estimate of drug-likeness (QED) is 0.577. The maximum Gasteiger partial charge on any atom is 0.337 e. The molecule has 2 aliphatic rings. The van der Waals surface area contributed by atoms with Gasteiger partial charge in [0.15, 0.2) is 5.60 Å². The van der Waals surface area contributed by atoms with Gasteiger partial charge in [0.2, 0.25) is 0 Å². The number of pyridine rings is 1. The van der Waals surface area contributed by atoms with Crippen molar-refractivity contribution >= 4 is 17.7 Å². The molecule has 0 aromatic carbocycles. The summed E-state index contributed by atoms with van der Waals surface area (Å²) in [4.78, 5) is 16.1. The Morgan fingerprint density at radius 2 is 2.07 bits per heavy atom. The van der Waals surface area contributed by atoms with E-state index in [0.717, 1.165) is 44.4 Å². The molecule has 0 bridgehead atoms. The Morgan fingerprint density at radius 1 is 1.36 bits per heavy atom. The summed E-state index contributed by atoms with van der Waals surface area (Å²) in [6.07, 6.45) is 9.54. The molecule has 1 aromatic heterocycles. The normalized spacial score (nSPS) is 26.1. The predicted octanol–water partition coefficient (Wildman–Crippen LogP) is 3.01. The van der Waals surface area contributed by atoms with E-state index in [-0.39, 0.29) is 12.5 Å². The van der Waals surface area contributed by atoms with Crippen LogP contribution in [0.2, 0.25) is 0 Å². The molecule has 28 heavy (non-hydrogen) atoms. The van der Waals surface area contributed by atoms with Crippen LogP contribution in [0.4, 0.5) is 0 Å². The highest BCUT2D eigenvalue weighted by molar-refractivity contribution is 8.00. The van der Waals surface area contributed by atoms with Gasteiger partial charge in [-0.25, -0.2) is 4.79 Å². The monoisotopic (exact) mass is 408 g/mol. The van der Waals surface area contributed by atoms with E-state index >= 15 is 0 Å². The lowest BCUT2D eigenvalue weighted by Crippen LogP contribution is -2.57. The Labute approximate surface area is 171 Å². The van der Waals surface area contributed by atoms with Gasteiger partial charge in [-0.05, 0) is 50.5 Å². The van der Waals surface area contributed by atoms with Crippen molar-refractivity contribution in [2.75, 3.05) is 5.75 Å². The lowest BCUT2D eigenvalue weighted by molar-refractivity contribution is -0.160. The molecule has 2 aliphatic carbocycles. The standard InChI is InChI=1S/C21H32N2O4S/c1-14-5-7-16(8-6-14)27-17-9-10-23-15(11-17)12-21(26,20(24)25)19(22)13-28-18-3-2-4-18/h9-11,14,16,18-19,26H,2-8,12-13,22H2,1H3,(H,24,25)/t14-,16-,19-,21+/m0/s1. The van der Waals surface area contributed by atoms with Crippen LogP contribution in [0.25, 0.3) is 0 Å². The Balaban J connectivity index is 1.62. The molecule has 1 heterocycles. The van der Waals surface area contributed by atoms with Crippen molar-refractivity contribution in [2.24, 2.45) is 11.7 Å². The fraction of sp³-hybridized carbons (Fsp3) is 0.714. The van der Waals surface area contributed by atoms with Gasteiger partial charge in [-0.15, -0.1) is 0 Å². The topological polar surface area (TPSA) is 106 Å². The van der Waals surface area contributed by atoms with Gasteiger partial charge < -0.3 is 20.7 Å². The van der Waals surface area contributed by atoms with Crippen molar-refractivity contribution in [1.29, 1.82) is 0 Å². The summed E-state index contributed by atoms with van der Waals surface area (Å²) < 4.78 is 6.08. The second kappa shape index (κ2) is 9.46. The van der Waals surface area contributed by atoms with Crippen LogP contribution in [-0.2, 0) is 11.2 Å². The fourth-order valence-electron chi connectivity index (χ4n) is 3.72. The molecular weight excluding hydrogens is 376 g/mol. The lowest BCUT2D eigenvalue weighted by atomic mass is 9.89. The van der Waals surface area contributed by atoms with Gasteiger partial charge in [0.25, 0.3) is 0 Å². The maximum absolute atomic E-state index is 11.8. The molecule has 7 heteroatoms. The second-order valence-electron chi connectivity index (χ2n) is 8.38. The number of nitrogens with two attached hydrogens (primary N) is 1. The summed E-state index contributed by atoms with van der Waals surface area (Å²) in [7, 11) is 0. The number of nitrogens with zero attached hydrogens (tertiary/aromatic N) is 1. The molecule has 0 saturated heterocycles. The number of carbonyl (C=O) groups is 1. The third kappa shape index (κ3) is 5.39. The number of aromatic nitrogens is 1. The molecule has 2 atom stereocenters. The molecule has 0 radical (unpaired) electrons. The first-order valence-corrected chi connectivity index (χ1v) is 11.4. The molecule has 4 N–H and O–H groups in total. The van der Waals surface area contributed by atoms with Crippen LogP contribution in [0.5, 0.6) is 5.75 Å². The van der Waals surface area contributed by atoms with Gasteiger partial charge in [0, 0.05) is 35.4 Å². The number of carboxylic acid groups (broad SMARTS) is 1. The van der Waals surface area contributed by atoms with Crippen molar-refractivity contribution in [1.82, 2.24) is 4.98 Å². The minimum Gasteiger partial charge on any atom is -0.490 e. The van der Waals surface area contributed by atoms with Crippen LogP contribution in [-0.4, -0.2) is 49.9 Å². The largest absolute Gasteiger partial charge is 0.490 e. The second-order valence-corrected chi connectivity index (χ2v) is 9.71. The summed E-state index contributed by atoms with van der Waals surface area (Å²) >= 11 is 1.66. The lowest BCUT2D eigenvalue weighted by Gasteiger charge is -2.32. The van der Waals surface area contributed by atoms with Crippen molar-refractivity contribution in [3.05, 3.63) is 24.0 Å². The number of aliphatic hydroxyl groups is 1. The van der Waals surface area contributed by atoms with E-state index in [2.05, 4.69) is 11.9 Å². The molecule has 1 aromatic rings. The van der Waals surface area contributed by atoms with Crippen LogP contribution in [0.3, 0.4) is 0 Å². The number of carboxylic acids is 1. The molecule has 156 valence electrons. The van der Waals surface area contributed by atoms with E-state index in [4.69, 9.17) is 10.5 Å².